The highest BCUT2D eigenvalue weighted by Crippen LogP contribution is 2.23. The Balaban J connectivity index is 2.33. The summed E-state index contributed by atoms with van der Waals surface area (Å²) in [6.45, 7) is 6.63. The number of unbranched alkanes of at least 4 members (excludes halogenated alkanes) is 2. The fourth-order valence-corrected chi connectivity index (χ4v) is 2.61. The van der Waals surface area contributed by atoms with Crippen LogP contribution in [0.3, 0.4) is 0 Å². The van der Waals surface area contributed by atoms with Crippen molar-refractivity contribution in [1.82, 2.24) is 4.98 Å². The van der Waals surface area contributed by atoms with Crippen LogP contribution in [0.1, 0.15) is 56.5 Å². The first-order valence-electron chi connectivity index (χ1n) is 8.29. The predicted molar refractivity (Wildman–Crippen MR) is 91.6 cm³/mol. The molecule has 0 atom stereocenters. The minimum atomic E-state index is 1.09. The van der Waals surface area contributed by atoms with Gasteiger partial charge in [-0.15, -0.1) is 0 Å². The molecule has 0 unspecified atom stereocenters. The Morgan fingerprint density at radius 1 is 0.810 bits per heavy atom. The maximum Gasteiger partial charge on any atom is 0.0413 e. The van der Waals surface area contributed by atoms with E-state index in [0.717, 1.165) is 12.8 Å². The predicted octanol–water partition coefficient (Wildman–Crippen LogP) is 5.74. The summed E-state index contributed by atoms with van der Waals surface area (Å²) in [5.74, 6) is 0. The van der Waals surface area contributed by atoms with Crippen molar-refractivity contribution in [3.8, 4) is 11.1 Å². The molecule has 0 aliphatic heterocycles. The van der Waals surface area contributed by atoms with Gasteiger partial charge in [0.25, 0.3) is 0 Å². The van der Waals surface area contributed by atoms with Crippen LogP contribution >= 0.6 is 0 Å². The molecule has 1 nitrogen and oxygen atoms in total. The van der Waals surface area contributed by atoms with Gasteiger partial charge >= 0.3 is 0 Å². The van der Waals surface area contributed by atoms with E-state index in [1.165, 1.54) is 53.8 Å². The molecule has 0 aliphatic carbocycles. The molecule has 21 heavy (non-hydrogen) atoms. The Hall–Kier alpha value is -1.63. The van der Waals surface area contributed by atoms with E-state index in [-0.39, 0.29) is 0 Å². The van der Waals surface area contributed by atoms with Gasteiger partial charge in [0.15, 0.2) is 0 Å². The molecule has 0 spiro atoms. The number of benzene rings is 1. The van der Waals surface area contributed by atoms with E-state index >= 15 is 0 Å². The molecule has 1 aromatic carbocycles. The smallest absolute Gasteiger partial charge is 0.0413 e. The third-order valence-corrected chi connectivity index (χ3v) is 3.86. The lowest BCUT2D eigenvalue weighted by molar-refractivity contribution is 0.746. The zero-order valence-corrected chi connectivity index (χ0v) is 13.7. The van der Waals surface area contributed by atoms with Crippen molar-refractivity contribution in [3.63, 3.8) is 0 Å². The lowest BCUT2D eigenvalue weighted by Crippen LogP contribution is -1.98. The van der Waals surface area contributed by atoms with Crippen molar-refractivity contribution in [3.05, 3.63) is 53.3 Å². The summed E-state index contributed by atoms with van der Waals surface area (Å²) in [6, 6.07) is 13.3. The first kappa shape index (κ1) is 15.8. The molecule has 0 amide bonds. The maximum atomic E-state index is 4.86. The molecule has 1 heterocycles. The zero-order valence-electron chi connectivity index (χ0n) is 13.7. The van der Waals surface area contributed by atoms with Crippen molar-refractivity contribution < 1.29 is 0 Å². The van der Waals surface area contributed by atoms with Crippen molar-refractivity contribution >= 4 is 0 Å². The minimum Gasteiger partial charge on any atom is -0.258 e. The highest BCUT2D eigenvalue weighted by Gasteiger charge is 2.05. The van der Waals surface area contributed by atoms with Crippen LogP contribution < -0.4 is 0 Å². The fourth-order valence-electron chi connectivity index (χ4n) is 2.61. The Bertz CT molecular complexity index is 546. The van der Waals surface area contributed by atoms with Crippen LogP contribution in [0.5, 0.6) is 0 Å². The Labute approximate surface area is 129 Å². The maximum absolute atomic E-state index is 4.86. The molecule has 0 radical (unpaired) electrons. The van der Waals surface area contributed by atoms with Gasteiger partial charge < -0.3 is 0 Å². The third kappa shape index (κ3) is 4.70. The second-order valence-corrected chi connectivity index (χ2v) is 5.92. The summed E-state index contributed by atoms with van der Waals surface area (Å²) in [6.07, 6.45) is 7.07. The number of nitrogens with zero attached hydrogens (tertiary/aromatic N) is 1. The van der Waals surface area contributed by atoms with Crippen molar-refractivity contribution in [1.29, 1.82) is 0 Å². The van der Waals surface area contributed by atoms with Gasteiger partial charge in [-0.2, -0.15) is 0 Å². The van der Waals surface area contributed by atoms with Gasteiger partial charge in [0.1, 0.15) is 0 Å². The van der Waals surface area contributed by atoms with Gasteiger partial charge in [0.2, 0.25) is 0 Å². The van der Waals surface area contributed by atoms with Crippen molar-refractivity contribution in [2.24, 2.45) is 0 Å². The van der Waals surface area contributed by atoms with E-state index in [1.54, 1.807) is 0 Å². The molecular weight excluding hydrogens is 254 g/mol. The third-order valence-electron chi connectivity index (χ3n) is 3.86. The van der Waals surface area contributed by atoms with Gasteiger partial charge in [-0.05, 0) is 55.9 Å². The van der Waals surface area contributed by atoms with Gasteiger partial charge in [0, 0.05) is 11.4 Å². The molecule has 1 heteroatoms. The van der Waals surface area contributed by atoms with Crippen LogP contribution in [0.25, 0.3) is 11.1 Å². The van der Waals surface area contributed by atoms with E-state index in [9.17, 15) is 0 Å². The average Bonchev–Trinajstić information content (AvgIpc) is 2.50. The number of aryl methyl sites for hydroxylation is 3. The number of pyridine rings is 1. The Kier molecular flexibility index (Phi) is 5.98. The number of hydrogen-bond donors (Lipinski definition) is 0. The van der Waals surface area contributed by atoms with E-state index in [2.05, 4.69) is 57.2 Å². The quantitative estimate of drug-likeness (QED) is 0.630. The molecule has 0 aliphatic rings. The molecule has 1 aromatic heterocycles. The van der Waals surface area contributed by atoms with Crippen molar-refractivity contribution in [2.75, 3.05) is 0 Å². The lowest BCUT2D eigenvalue weighted by atomic mass is 10.0. The van der Waals surface area contributed by atoms with Gasteiger partial charge in [0.05, 0.1) is 0 Å². The molecular formula is C20H27N. The normalized spacial score (nSPS) is 10.8. The lowest BCUT2D eigenvalue weighted by Gasteiger charge is -2.10. The second-order valence-electron chi connectivity index (χ2n) is 5.92. The summed E-state index contributed by atoms with van der Waals surface area (Å²) in [5, 5.41) is 0. The SMILES string of the molecule is CCCCc1cc(-c2cccc(C)c2)cc(CCCC)n1. The number of aromatic nitrogens is 1. The molecule has 2 aromatic rings. The highest BCUT2D eigenvalue weighted by atomic mass is 14.7. The topological polar surface area (TPSA) is 12.9 Å². The number of hydrogen-bond acceptors (Lipinski definition) is 1. The van der Waals surface area contributed by atoms with Crippen LogP contribution in [0.4, 0.5) is 0 Å². The first-order valence-corrected chi connectivity index (χ1v) is 8.29. The Morgan fingerprint density at radius 3 is 1.95 bits per heavy atom. The molecule has 0 bridgehead atoms. The fraction of sp³-hybridized carbons (Fsp3) is 0.450. The summed E-state index contributed by atoms with van der Waals surface area (Å²) in [7, 11) is 0. The van der Waals surface area contributed by atoms with Gasteiger partial charge in [-0.25, -0.2) is 0 Å². The molecule has 2 rings (SSSR count). The van der Waals surface area contributed by atoms with E-state index < -0.39 is 0 Å². The monoisotopic (exact) mass is 281 g/mol. The van der Waals surface area contributed by atoms with Crippen LogP contribution in [0, 0.1) is 6.92 Å². The van der Waals surface area contributed by atoms with Gasteiger partial charge in [-0.1, -0.05) is 56.5 Å². The van der Waals surface area contributed by atoms with E-state index in [1.807, 2.05) is 0 Å². The minimum absolute atomic E-state index is 1.09. The Morgan fingerprint density at radius 2 is 1.43 bits per heavy atom. The largest absolute Gasteiger partial charge is 0.258 e. The molecule has 0 saturated heterocycles. The summed E-state index contributed by atoms with van der Waals surface area (Å²) < 4.78 is 0. The molecule has 0 saturated carbocycles. The molecule has 0 N–H and O–H groups in total. The van der Waals surface area contributed by atoms with Crippen LogP contribution in [-0.2, 0) is 12.8 Å². The number of rotatable bonds is 7. The summed E-state index contributed by atoms with van der Waals surface area (Å²) >= 11 is 0. The highest BCUT2D eigenvalue weighted by molar-refractivity contribution is 5.65. The summed E-state index contributed by atoms with van der Waals surface area (Å²) in [5.41, 5.74) is 6.46. The molecule has 112 valence electrons. The molecule has 0 fully saturated rings. The van der Waals surface area contributed by atoms with E-state index in [4.69, 9.17) is 4.98 Å². The first-order chi connectivity index (χ1) is 10.2. The van der Waals surface area contributed by atoms with Crippen LogP contribution in [-0.4, -0.2) is 4.98 Å². The standard InChI is InChI=1S/C20H27N/c1-4-6-11-19-14-18(15-20(21-19)12-7-5-2)17-10-8-9-16(3)13-17/h8-10,13-15H,4-7,11-12H2,1-3H3. The van der Waals surface area contributed by atoms with Crippen LogP contribution in [0.2, 0.25) is 0 Å². The average molecular weight is 281 g/mol. The summed E-state index contributed by atoms with van der Waals surface area (Å²) in [4.78, 5) is 4.86. The second kappa shape index (κ2) is 7.97. The van der Waals surface area contributed by atoms with Crippen molar-refractivity contribution in [2.45, 2.75) is 59.3 Å². The van der Waals surface area contributed by atoms with E-state index in [0.29, 0.717) is 0 Å². The van der Waals surface area contributed by atoms with Crippen LogP contribution in [0.15, 0.2) is 36.4 Å². The zero-order chi connectivity index (χ0) is 15.1. The van der Waals surface area contributed by atoms with Gasteiger partial charge in [-0.3, -0.25) is 4.98 Å².